The molecule has 1 aromatic rings. The van der Waals surface area contributed by atoms with Gasteiger partial charge in [0.2, 0.25) is 5.95 Å². The van der Waals surface area contributed by atoms with E-state index in [1.807, 2.05) is 12.4 Å². The topological polar surface area (TPSA) is 29.0 Å². The number of aromatic nitrogens is 2. The molecule has 0 aromatic carbocycles. The summed E-state index contributed by atoms with van der Waals surface area (Å²) in [6.45, 7) is 4.48. The maximum absolute atomic E-state index is 4.40. The van der Waals surface area contributed by atoms with Gasteiger partial charge in [-0.15, -0.1) is 0 Å². The van der Waals surface area contributed by atoms with E-state index >= 15 is 0 Å². The Morgan fingerprint density at radius 2 is 1.93 bits per heavy atom. The molecule has 2 atom stereocenters. The fraction of sp³-hybridized carbons (Fsp3) is 0.636. The van der Waals surface area contributed by atoms with Gasteiger partial charge in [0.05, 0.1) is 0 Å². The molecule has 3 rings (SSSR count). The standard InChI is InChI=1S/C11H15N3/c1-2-8-4-12-11(13-5-8)14-6-9-3-10(9)7-14/h4-5,9-10H,2-3,6-7H2,1H3/t9-,10?/m0/s1. The van der Waals surface area contributed by atoms with Crippen LogP contribution in [0.25, 0.3) is 0 Å². The van der Waals surface area contributed by atoms with E-state index in [-0.39, 0.29) is 0 Å². The van der Waals surface area contributed by atoms with Gasteiger partial charge < -0.3 is 4.90 Å². The van der Waals surface area contributed by atoms with Gasteiger partial charge >= 0.3 is 0 Å². The summed E-state index contributed by atoms with van der Waals surface area (Å²) >= 11 is 0. The monoisotopic (exact) mass is 189 g/mol. The largest absolute Gasteiger partial charge is 0.340 e. The Hall–Kier alpha value is -1.12. The molecule has 0 amide bonds. The molecule has 1 saturated carbocycles. The molecule has 0 N–H and O–H groups in total. The Kier molecular flexibility index (Phi) is 1.72. The molecule has 0 spiro atoms. The smallest absolute Gasteiger partial charge is 0.225 e. The van der Waals surface area contributed by atoms with E-state index in [2.05, 4.69) is 21.8 Å². The molecule has 2 fully saturated rings. The van der Waals surface area contributed by atoms with E-state index in [1.54, 1.807) is 0 Å². The van der Waals surface area contributed by atoms with E-state index in [0.29, 0.717) is 0 Å². The molecule has 1 aromatic heterocycles. The van der Waals surface area contributed by atoms with Crippen molar-refractivity contribution in [1.82, 2.24) is 9.97 Å². The fourth-order valence-electron chi connectivity index (χ4n) is 2.26. The Balaban J connectivity index is 1.76. The molecular formula is C11H15N3. The van der Waals surface area contributed by atoms with Crippen molar-refractivity contribution in [2.75, 3.05) is 18.0 Å². The summed E-state index contributed by atoms with van der Waals surface area (Å²) in [7, 11) is 0. The van der Waals surface area contributed by atoms with Crippen LogP contribution in [0.3, 0.4) is 0 Å². The molecule has 2 heterocycles. The van der Waals surface area contributed by atoms with Crippen LogP contribution in [0.2, 0.25) is 0 Å². The number of piperidine rings is 1. The number of hydrogen-bond donors (Lipinski definition) is 0. The molecule has 3 heteroatoms. The first-order valence-corrected chi connectivity index (χ1v) is 5.42. The number of rotatable bonds is 2. The van der Waals surface area contributed by atoms with Crippen LogP contribution in [-0.2, 0) is 6.42 Å². The SMILES string of the molecule is CCc1cnc(N2CC3C[C@H]3C2)nc1. The lowest BCUT2D eigenvalue weighted by Crippen LogP contribution is -2.23. The van der Waals surface area contributed by atoms with Crippen molar-refractivity contribution in [1.29, 1.82) is 0 Å². The van der Waals surface area contributed by atoms with Gasteiger partial charge in [-0.3, -0.25) is 0 Å². The van der Waals surface area contributed by atoms with Gasteiger partial charge in [-0.2, -0.15) is 0 Å². The van der Waals surface area contributed by atoms with Gasteiger partial charge in [0.25, 0.3) is 0 Å². The van der Waals surface area contributed by atoms with Crippen molar-refractivity contribution in [2.45, 2.75) is 19.8 Å². The zero-order chi connectivity index (χ0) is 9.54. The first kappa shape index (κ1) is 8.21. The molecule has 2 aliphatic rings. The Morgan fingerprint density at radius 1 is 1.29 bits per heavy atom. The summed E-state index contributed by atoms with van der Waals surface area (Å²) in [4.78, 5) is 11.1. The van der Waals surface area contributed by atoms with Crippen molar-refractivity contribution < 1.29 is 0 Å². The summed E-state index contributed by atoms with van der Waals surface area (Å²) in [6.07, 6.45) is 6.35. The molecule has 3 nitrogen and oxygen atoms in total. The minimum Gasteiger partial charge on any atom is -0.340 e. The van der Waals surface area contributed by atoms with E-state index < -0.39 is 0 Å². The highest BCUT2D eigenvalue weighted by Crippen LogP contribution is 2.45. The Bertz CT molecular complexity index is 323. The van der Waals surface area contributed by atoms with Crippen LogP contribution in [0.1, 0.15) is 18.9 Å². The second-order valence-corrected chi connectivity index (χ2v) is 4.41. The van der Waals surface area contributed by atoms with Gasteiger partial charge in [0.1, 0.15) is 0 Å². The third kappa shape index (κ3) is 1.27. The van der Waals surface area contributed by atoms with Gasteiger partial charge in [-0.1, -0.05) is 6.92 Å². The first-order valence-electron chi connectivity index (χ1n) is 5.42. The predicted octanol–water partition coefficient (Wildman–Crippen LogP) is 1.50. The number of anilines is 1. The number of hydrogen-bond acceptors (Lipinski definition) is 3. The average molecular weight is 189 g/mol. The van der Waals surface area contributed by atoms with Crippen molar-refractivity contribution in [3.8, 4) is 0 Å². The number of fused-ring (bicyclic) bond motifs is 1. The van der Waals surface area contributed by atoms with Crippen LogP contribution in [-0.4, -0.2) is 23.1 Å². The summed E-state index contributed by atoms with van der Waals surface area (Å²) in [6, 6.07) is 0. The van der Waals surface area contributed by atoms with Crippen LogP contribution in [0.5, 0.6) is 0 Å². The Morgan fingerprint density at radius 3 is 2.50 bits per heavy atom. The van der Waals surface area contributed by atoms with Gasteiger partial charge in [-0.05, 0) is 30.2 Å². The van der Waals surface area contributed by atoms with Crippen LogP contribution < -0.4 is 4.90 Å². The molecule has 0 bridgehead atoms. The van der Waals surface area contributed by atoms with Gasteiger partial charge in [-0.25, -0.2) is 9.97 Å². The molecule has 1 aliphatic heterocycles. The quantitative estimate of drug-likeness (QED) is 0.706. The zero-order valence-corrected chi connectivity index (χ0v) is 8.48. The lowest BCUT2D eigenvalue weighted by atomic mass is 10.3. The van der Waals surface area contributed by atoms with Gasteiger partial charge in [0, 0.05) is 25.5 Å². The predicted molar refractivity (Wildman–Crippen MR) is 55.2 cm³/mol. The Labute approximate surface area is 84.2 Å². The van der Waals surface area contributed by atoms with Gasteiger partial charge in [0.15, 0.2) is 0 Å². The maximum Gasteiger partial charge on any atom is 0.225 e. The highest BCUT2D eigenvalue weighted by Gasteiger charge is 2.45. The molecule has 1 aliphatic carbocycles. The van der Waals surface area contributed by atoms with Crippen LogP contribution in [0.15, 0.2) is 12.4 Å². The molecule has 1 unspecified atom stereocenters. The zero-order valence-electron chi connectivity index (χ0n) is 8.48. The number of aryl methyl sites for hydroxylation is 1. The van der Waals surface area contributed by atoms with Crippen LogP contribution in [0, 0.1) is 11.8 Å². The summed E-state index contributed by atoms with van der Waals surface area (Å²) in [5.74, 6) is 2.82. The van der Waals surface area contributed by atoms with Crippen LogP contribution in [0.4, 0.5) is 5.95 Å². The van der Waals surface area contributed by atoms with Crippen LogP contribution >= 0.6 is 0 Å². The minimum atomic E-state index is 0.925. The second kappa shape index (κ2) is 2.94. The summed E-state index contributed by atoms with van der Waals surface area (Å²) < 4.78 is 0. The molecular weight excluding hydrogens is 174 g/mol. The summed E-state index contributed by atoms with van der Waals surface area (Å²) in [5.41, 5.74) is 1.22. The highest BCUT2D eigenvalue weighted by molar-refractivity contribution is 5.34. The van der Waals surface area contributed by atoms with Crippen molar-refractivity contribution >= 4 is 5.95 Å². The lowest BCUT2D eigenvalue weighted by molar-refractivity contribution is 0.784. The first-order chi connectivity index (χ1) is 6.86. The van der Waals surface area contributed by atoms with E-state index in [0.717, 1.165) is 24.2 Å². The number of nitrogens with zero attached hydrogens (tertiary/aromatic N) is 3. The van der Waals surface area contributed by atoms with Crippen molar-refractivity contribution in [2.24, 2.45) is 11.8 Å². The van der Waals surface area contributed by atoms with E-state index in [9.17, 15) is 0 Å². The van der Waals surface area contributed by atoms with E-state index in [4.69, 9.17) is 0 Å². The third-order valence-electron chi connectivity index (χ3n) is 3.36. The molecule has 74 valence electrons. The van der Waals surface area contributed by atoms with E-state index in [1.165, 1.54) is 25.1 Å². The molecule has 0 radical (unpaired) electrons. The average Bonchev–Trinajstić information content (AvgIpc) is 2.86. The molecule has 1 saturated heterocycles. The van der Waals surface area contributed by atoms with Crippen molar-refractivity contribution in [3.05, 3.63) is 18.0 Å². The molecule has 14 heavy (non-hydrogen) atoms. The second-order valence-electron chi connectivity index (χ2n) is 4.41. The fourth-order valence-corrected chi connectivity index (χ4v) is 2.26. The highest BCUT2D eigenvalue weighted by atomic mass is 15.3. The lowest BCUT2D eigenvalue weighted by Gasteiger charge is -2.17. The van der Waals surface area contributed by atoms with Crippen molar-refractivity contribution in [3.63, 3.8) is 0 Å². The maximum atomic E-state index is 4.40. The minimum absolute atomic E-state index is 0.925. The normalized spacial score (nSPS) is 29.1. The third-order valence-corrected chi connectivity index (χ3v) is 3.36. The summed E-state index contributed by atoms with van der Waals surface area (Å²) in [5, 5.41) is 0.